The number of ether oxygens (including phenoxy) is 1. The Kier molecular flexibility index (Phi) is 4.92. The van der Waals surface area contributed by atoms with Crippen molar-refractivity contribution in [1.29, 1.82) is 0 Å². The third-order valence-corrected chi connectivity index (χ3v) is 4.66. The highest BCUT2D eigenvalue weighted by Crippen LogP contribution is 2.26. The first-order valence-electron chi connectivity index (χ1n) is 7.05. The molecule has 1 aliphatic rings. The molecular weight excluding hydrogens is 320 g/mol. The molecule has 22 heavy (non-hydrogen) atoms. The normalized spacial score (nSPS) is 16.0. The van der Waals surface area contributed by atoms with E-state index in [4.69, 9.17) is 22.1 Å². The van der Waals surface area contributed by atoms with Crippen molar-refractivity contribution in [2.75, 3.05) is 26.3 Å². The number of thiazole rings is 1. The second-order valence-corrected chi connectivity index (χ2v) is 6.46. The number of hydrogen-bond acceptors (Lipinski definition) is 4. The zero-order valence-corrected chi connectivity index (χ0v) is 13.6. The van der Waals surface area contributed by atoms with Crippen molar-refractivity contribution in [1.82, 2.24) is 9.88 Å². The van der Waals surface area contributed by atoms with Crippen molar-refractivity contribution in [3.8, 4) is 10.6 Å². The average molecular weight is 337 g/mol. The number of benzene rings is 1. The second kappa shape index (κ2) is 7.09. The summed E-state index contributed by atoms with van der Waals surface area (Å²) >= 11 is 7.52. The molecule has 2 aromatic rings. The van der Waals surface area contributed by atoms with Gasteiger partial charge in [0.15, 0.2) is 5.96 Å². The number of nitrogens with zero attached hydrogens (tertiary/aromatic N) is 3. The Morgan fingerprint density at radius 3 is 2.77 bits per heavy atom. The number of guanidine groups is 1. The van der Waals surface area contributed by atoms with Crippen LogP contribution in [0.3, 0.4) is 0 Å². The van der Waals surface area contributed by atoms with Gasteiger partial charge in [-0.25, -0.2) is 9.98 Å². The quantitative estimate of drug-likeness (QED) is 0.691. The minimum Gasteiger partial charge on any atom is -0.378 e. The molecule has 7 heteroatoms. The predicted octanol–water partition coefficient (Wildman–Crippen LogP) is 2.61. The van der Waals surface area contributed by atoms with Gasteiger partial charge in [-0.2, -0.15) is 0 Å². The fourth-order valence-electron chi connectivity index (χ4n) is 2.16. The van der Waals surface area contributed by atoms with Gasteiger partial charge < -0.3 is 15.4 Å². The molecule has 5 nitrogen and oxygen atoms in total. The van der Waals surface area contributed by atoms with E-state index in [0.29, 0.717) is 25.7 Å². The molecule has 1 aromatic carbocycles. The van der Waals surface area contributed by atoms with Crippen LogP contribution in [-0.2, 0) is 11.3 Å². The fraction of sp³-hybridized carbons (Fsp3) is 0.333. The van der Waals surface area contributed by atoms with E-state index >= 15 is 0 Å². The number of morpholine rings is 1. The molecule has 1 fully saturated rings. The molecule has 0 amide bonds. The molecule has 1 aromatic heterocycles. The van der Waals surface area contributed by atoms with Gasteiger partial charge in [-0.05, 0) is 12.1 Å². The maximum Gasteiger partial charge on any atom is 0.191 e. The van der Waals surface area contributed by atoms with Gasteiger partial charge in [0.25, 0.3) is 0 Å². The van der Waals surface area contributed by atoms with Crippen molar-refractivity contribution >= 4 is 28.9 Å². The van der Waals surface area contributed by atoms with E-state index in [1.807, 2.05) is 35.4 Å². The summed E-state index contributed by atoms with van der Waals surface area (Å²) in [5.74, 6) is 0.574. The van der Waals surface area contributed by atoms with E-state index < -0.39 is 0 Å². The summed E-state index contributed by atoms with van der Waals surface area (Å²) in [5, 5.41) is 1.69. The van der Waals surface area contributed by atoms with E-state index in [0.717, 1.165) is 33.6 Å². The molecule has 0 saturated carbocycles. The van der Waals surface area contributed by atoms with Crippen LogP contribution in [0.1, 0.15) is 4.88 Å². The van der Waals surface area contributed by atoms with E-state index in [1.165, 1.54) is 0 Å². The number of aliphatic imine (C=N–C) groups is 1. The average Bonchev–Trinajstić information content (AvgIpc) is 3.03. The van der Waals surface area contributed by atoms with Crippen molar-refractivity contribution in [3.63, 3.8) is 0 Å². The molecule has 0 atom stereocenters. The van der Waals surface area contributed by atoms with Gasteiger partial charge in [0.05, 0.1) is 19.8 Å². The number of rotatable bonds is 3. The Hall–Kier alpha value is -1.63. The maximum absolute atomic E-state index is 6.02. The van der Waals surface area contributed by atoms with Gasteiger partial charge in [0.2, 0.25) is 0 Å². The molecule has 2 heterocycles. The van der Waals surface area contributed by atoms with E-state index in [1.54, 1.807) is 11.3 Å². The van der Waals surface area contributed by atoms with Gasteiger partial charge >= 0.3 is 0 Å². The van der Waals surface area contributed by atoms with Crippen LogP contribution >= 0.6 is 22.9 Å². The lowest BCUT2D eigenvalue weighted by molar-refractivity contribution is 0.0674. The van der Waals surface area contributed by atoms with Crippen molar-refractivity contribution in [3.05, 3.63) is 40.4 Å². The van der Waals surface area contributed by atoms with E-state index in [2.05, 4.69) is 9.98 Å². The minimum atomic E-state index is 0.550. The van der Waals surface area contributed by atoms with Gasteiger partial charge in [-0.3, -0.25) is 0 Å². The first-order valence-corrected chi connectivity index (χ1v) is 8.25. The summed E-state index contributed by atoms with van der Waals surface area (Å²) in [4.78, 5) is 12.0. The third kappa shape index (κ3) is 3.76. The van der Waals surface area contributed by atoms with Gasteiger partial charge in [-0.15, -0.1) is 11.3 Å². The van der Waals surface area contributed by atoms with Crippen molar-refractivity contribution < 1.29 is 4.74 Å². The van der Waals surface area contributed by atoms with Crippen LogP contribution in [0, 0.1) is 0 Å². The SMILES string of the molecule is NC(=NCc1cnc(-c2ccc(Cl)cc2)s1)N1CCOCC1. The van der Waals surface area contributed by atoms with Crippen LogP contribution in [0.2, 0.25) is 5.02 Å². The topological polar surface area (TPSA) is 63.7 Å². The minimum absolute atomic E-state index is 0.550. The van der Waals surface area contributed by atoms with Crippen molar-refractivity contribution in [2.24, 2.45) is 10.7 Å². The number of hydrogen-bond donors (Lipinski definition) is 1. The van der Waals surface area contributed by atoms with Gasteiger partial charge in [0.1, 0.15) is 5.01 Å². The van der Waals surface area contributed by atoms with E-state index in [-0.39, 0.29) is 0 Å². The molecule has 2 N–H and O–H groups in total. The van der Waals surface area contributed by atoms with Crippen LogP contribution < -0.4 is 5.73 Å². The number of aromatic nitrogens is 1. The molecule has 1 saturated heterocycles. The molecule has 3 rings (SSSR count). The van der Waals surface area contributed by atoms with Crippen LogP contribution in [0.4, 0.5) is 0 Å². The monoisotopic (exact) mass is 336 g/mol. The smallest absolute Gasteiger partial charge is 0.191 e. The summed E-state index contributed by atoms with van der Waals surface area (Å²) < 4.78 is 5.30. The Labute approximate surface area is 138 Å². The van der Waals surface area contributed by atoms with Crippen molar-refractivity contribution in [2.45, 2.75) is 6.54 Å². The highest BCUT2D eigenvalue weighted by Gasteiger charge is 2.12. The zero-order chi connectivity index (χ0) is 15.4. The molecule has 0 unspecified atom stereocenters. The number of nitrogens with two attached hydrogens (primary N) is 1. The lowest BCUT2D eigenvalue weighted by atomic mass is 10.2. The summed E-state index contributed by atoms with van der Waals surface area (Å²) in [6.45, 7) is 3.56. The number of halogens is 1. The molecule has 116 valence electrons. The molecule has 0 bridgehead atoms. The largest absolute Gasteiger partial charge is 0.378 e. The Morgan fingerprint density at radius 1 is 1.32 bits per heavy atom. The predicted molar refractivity (Wildman–Crippen MR) is 90.3 cm³/mol. The second-order valence-electron chi connectivity index (χ2n) is 4.91. The fourth-order valence-corrected chi connectivity index (χ4v) is 3.13. The first-order chi connectivity index (χ1) is 10.7. The molecule has 0 radical (unpaired) electrons. The first kappa shape index (κ1) is 15.3. The van der Waals surface area contributed by atoms with Crippen LogP contribution in [0.5, 0.6) is 0 Å². The van der Waals surface area contributed by atoms with Crippen LogP contribution in [-0.4, -0.2) is 42.1 Å². The Balaban J connectivity index is 1.65. The molecular formula is C15H17ClN4OS. The van der Waals surface area contributed by atoms with Gasteiger partial charge in [-0.1, -0.05) is 23.7 Å². The zero-order valence-electron chi connectivity index (χ0n) is 12.0. The van der Waals surface area contributed by atoms with Crippen LogP contribution in [0.25, 0.3) is 10.6 Å². The van der Waals surface area contributed by atoms with E-state index in [9.17, 15) is 0 Å². The maximum atomic E-state index is 6.02. The molecule has 0 spiro atoms. The summed E-state index contributed by atoms with van der Waals surface area (Å²) in [7, 11) is 0. The summed E-state index contributed by atoms with van der Waals surface area (Å²) in [5.41, 5.74) is 7.08. The lowest BCUT2D eigenvalue weighted by Crippen LogP contribution is -2.44. The highest BCUT2D eigenvalue weighted by molar-refractivity contribution is 7.15. The highest BCUT2D eigenvalue weighted by atomic mass is 35.5. The molecule has 1 aliphatic heterocycles. The standard InChI is InChI=1S/C15H17ClN4OS/c16-12-3-1-11(2-4-12)14-18-9-13(22-14)10-19-15(17)20-5-7-21-8-6-20/h1-4,9H,5-8,10H2,(H2,17,19). The Bertz CT molecular complexity index is 650. The van der Waals surface area contributed by atoms with Crippen LogP contribution in [0.15, 0.2) is 35.5 Å². The Morgan fingerprint density at radius 2 is 2.05 bits per heavy atom. The summed E-state index contributed by atoms with van der Waals surface area (Å²) in [6, 6.07) is 7.67. The summed E-state index contributed by atoms with van der Waals surface area (Å²) in [6.07, 6.45) is 1.85. The molecule has 0 aliphatic carbocycles. The van der Waals surface area contributed by atoms with Gasteiger partial charge in [0, 0.05) is 34.7 Å². The lowest BCUT2D eigenvalue weighted by Gasteiger charge is -2.27. The third-order valence-electron chi connectivity index (χ3n) is 3.38.